The number of carbonyl (C=O) groups excluding carboxylic acids is 1. The number of rotatable bonds is 3. The highest BCUT2D eigenvalue weighted by Crippen LogP contribution is 2.15. The third-order valence-electron chi connectivity index (χ3n) is 1.76. The molecule has 0 bridgehead atoms. The van der Waals surface area contributed by atoms with Gasteiger partial charge in [-0.25, -0.2) is 4.79 Å². The van der Waals surface area contributed by atoms with Gasteiger partial charge < -0.3 is 9.47 Å². The van der Waals surface area contributed by atoms with Gasteiger partial charge in [-0.15, -0.1) is 0 Å². The molecule has 0 heterocycles. The second-order valence-corrected chi connectivity index (χ2v) is 3.02. The standard InChI is InChI=1S/C12H11NO3/c1-9(6-12(14)15-2)16-11-5-3-4-10(7-11)8-13/h3-7H,1-2H3. The first-order valence-electron chi connectivity index (χ1n) is 4.60. The van der Waals surface area contributed by atoms with Crippen LogP contribution in [0.2, 0.25) is 0 Å². The zero-order valence-corrected chi connectivity index (χ0v) is 9.06. The fourth-order valence-electron chi connectivity index (χ4n) is 1.07. The van der Waals surface area contributed by atoms with Crippen LogP contribution in [0.15, 0.2) is 36.1 Å². The minimum atomic E-state index is -0.478. The topological polar surface area (TPSA) is 59.3 Å². The van der Waals surface area contributed by atoms with Gasteiger partial charge in [-0.05, 0) is 25.1 Å². The van der Waals surface area contributed by atoms with Crippen LogP contribution < -0.4 is 4.74 Å². The second-order valence-electron chi connectivity index (χ2n) is 3.02. The summed E-state index contributed by atoms with van der Waals surface area (Å²) in [5.74, 6) is 0.438. The van der Waals surface area contributed by atoms with E-state index in [4.69, 9.17) is 10.00 Å². The summed E-state index contributed by atoms with van der Waals surface area (Å²) in [7, 11) is 1.29. The summed E-state index contributed by atoms with van der Waals surface area (Å²) >= 11 is 0. The van der Waals surface area contributed by atoms with Gasteiger partial charge in [-0.3, -0.25) is 0 Å². The number of hydrogen-bond acceptors (Lipinski definition) is 4. The lowest BCUT2D eigenvalue weighted by Gasteiger charge is -2.05. The SMILES string of the molecule is COC(=O)C=C(C)Oc1cccc(C#N)c1. The average molecular weight is 217 g/mol. The average Bonchev–Trinajstić information content (AvgIpc) is 2.28. The van der Waals surface area contributed by atoms with Gasteiger partial charge in [0.25, 0.3) is 0 Å². The van der Waals surface area contributed by atoms with Gasteiger partial charge in [0.1, 0.15) is 11.5 Å². The molecule has 82 valence electrons. The maximum absolute atomic E-state index is 10.9. The minimum Gasteiger partial charge on any atom is -0.466 e. The van der Waals surface area contributed by atoms with Crippen LogP contribution in [-0.4, -0.2) is 13.1 Å². The van der Waals surface area contributed by atoms with Crippen molar-refractivity contribution in [1.82, 2.24) is 0 Å². The van der Waals surface area contributed by atoms with Gasteiger partial charge in [0, 0.05) is 0 Å². The fourth-order valence-corrected chi connectivity index (χ4v) is 1.07. The van der Waals surface area contributed by atoms with E-state index in [0.717, 1.165) is 0 Å². The number of esters is 1. The molecular weight excluding hydrogens is 206 g/mol. The summed E-state index contributed by atoms with van der Waals surface area (Å²) in [6.07, 6.45) is 1.24. The summed E-state index contributed by atoms with van der Waals surface area (Å²) in [4.78, 5) is 10.9. The zero-order chi connectivity index (χ0) is 12.0. The molecule has 1 rings (SSSR count). The first-order valence-corrected chi connectivity index (χ1v) is 4.60. The van der Waals surface area contributed by atoms with Gasteiger partial charge in [-0.2, -0.15) is 5.26 Å². The molecule has 0 aromatic heterocycles. The van der Waals surface area contributed by atoms with Crippen LogP contribution >= 0.6 is 0 Å². The van der Waals surface area contributed by atoms with Gasteiger partial charge in [-0.1, -0.05) is 6.07 Å². The Kier molecular flexibility index (Phi) is 4.10. The van der Waals surface area contributed by atoms with E-state index in [1.807, 2.05) is 6.07 Å². The Morgan fingerprint density at radius 1 is 1.50 bits per heavy atom. The number of carbonyl (C=O) groups is 1. The number of hydrogen-bond donors (Lipinski definition) is 0. The van der Waals surface area contributed by atoms with E-state index in [-0.39, 0.29) is 0 Å². The van der Waals surface area contributed by atoms with Crippen molar-refractivity contribution in [2.45, 2.75) is 6.92 Å². The van der Waals surface area contributed by atoms with Gasteiger partial charge >= 0.3 is 5.97 Å². The lowest BCUT2D eigenvalue weighted by Crippen LogP contribution is -1.99. The molecule has 0 saturated heterocycles. The van der Waals surface area contributed by atoms with E-state index in [0.29, 0.717) is 17.1 Å². The maximum Gasteiger partial charge on any atom is 0.333 e. The lowest BCUT2D eigenvalue weighted by atomic mass is 10.2. The molecular formula is C12H11NO3. The molecule has 0 aliphatic heterocycles. The number of nitrogens with zero attached hydrogens (tertiary/aromatic N) is 1. The minimum absolute atomic E-state index is 0.405. The first-order chi connectivity index (χ1) is 7.65. The number of nitriles is 1. The van der Waals surface area contributed by atoms with Crippen LogP contribution in [0.5, 0.6) is 5.75 Å². The number of allylic oxidation sites excluding steroid dienone is 1. The quantitative estimate of drug-likeness (QED) is 0.441. The van der Waals surface area contributed by atoms with Crippen LogP contribution in [-0.2, 0) is 9.53 Å². The van der Waals surface area contributed by atoms with Crippen LogP contribution in [0.25, 0.3) is 0 Å². The molecule has 0 atom stereocenters. The normalized spacial score (nSPS) is 10.4. The highest BCUT2D eigenvalue weighted by Gasteiger charge is 2.00. The van der Waals surface area contributed by atoms with Crippen molar-refractivity contribution in [2.75, 3.05) is 7.11 Å². The molecule has 0 spiro atoms. The van der Waals surface area contributed by atoms with E-state index in [2.05, 4.69) is 4.74 Å². The van der Waals surface area contributed by atoms with E-state index < -0.39 is 5.97 Å². The fraction of sp³-hybridized carbons (Fsp3) is 0.167. The van der Waals surface area contributed by atoms with Gasteiger partial charge in [0.05, 0.1) is 24.8 Å². The summed E-state index contributed by atoms with van der Waals surface area (Å²) < 4.78 is 9.79. The molecule has 4 heteroatoms. The molecule has 0 unspecified atom stereocenters. The Morgan fingerprint density at radius 3 is 2.88 bits per heavy atom. The largest absolute Gasteiger partial charge is 0.466 e. The Hall–Kier alpha value is -2.28. The van der Waals surface area contributed by atoms with Crippen molar-refractivity contribution < 1.29 is 14.3 Å². The number of ether oxygens (including phenoxy) is 2. The third-order valence-corrected chi connectivity index (χ3v) is 1.76. The third kappa shape index (κ3) is 3.46. The van der Waals surface area contributed by atoms with Crippen LogP contribution in [0.3, 0.4) is 0 Å². The predicted molar refractivity (Wildman–Crippen MR) is 57.6 cm³/mol. The van der Waals surface area contributed by atoms with Crippen LogP contribution in [0.4, 0.5) is 0 Å². The highest BCUT2D eigenvalue weighted by atomic mass is 16.5. The van der Waals surface area contributed by atoms with E-state index in [1.54, 1.807) is 31.2 Å². The van der Waals surface area contributed by atoms with E-state index in [9.17, 15) is 4.79 Å². The molecule has 0 saturated carbocycles. The maximum atomic E-state index is 10.9. The number of benzene rings is 1. The van der Waals surface area contributed by atoms with Crippen LogP contribution in [0, 0.1) is 11.3 Å². The molecule has 0 fully saturated rings. The molecule has 16 heavy (non-hydrogen) atoms. The Labute approximate surface area is 93.7 Å². The Morgan fingerprint density at radius 2 is 2.25 bits per heavy atom. The van der Waals surface area contributed by atoms with Crippen molar-refractivity contribution >= 4 is 5.97 Å². The zero-order valence-electron chi connectivity index (χ0n) is 9.06. The monoisotopic (exact) mass is 217 g/mol. The molecule has 1 aromatic rings. The smallest absolute Gasteiger partial charge is 0.333 e. The van der Waals surface area contributed by atoms with Crippen molar-refractivity contribution in [3.63, 3.8) is 0 Å². The highest BCUT2D eigenvalue weighted by molar-refractivity contribution is 5.82. The predicted octanol–water partition coefficient (Wildman–Crippen LogP) is 2.01. The molecule has 0 radical (unpaired) electrons. The molecule has 0 aliphatic carbocycles. The van der Waals surface area contributed by atoms with Gasteiger partial charge in [0.2, 0.25) is 0 Å². The summed E-state index contributed by atoms with van der Waals surface area (Å²) in [5, 5.41) is 8.69. The number of methoxy groups -OCH3 is 1. The lowest BCUT2D eigenvalue weighted by molar-refractivity contribution is -0.135. The molecule has 0 amide bonds. The second kappa shape index (κ2) is 5.56. The van der Waals surface area contributed by atoms with E-state index in [1.165, 1.54) is 13.2 Å². The van der Waals surface area contributed by atoms with E-state index >= 15 is 0 Å². The first kappa shape index (κ1) is 11.8. The van der Waals surface area contributed by atoms with Gasteiger partial charge in [0.15, 0.2) is 0 Å². The van der Waals surface area contributed by atoms with Crippen molar-refractivity contribution in [3.8, 4) is 11.8 Å². The summed E-state index contributed by atoms with van der Waals surface area (Å²) in [6.45, 7) is 1.63. The molecule has 0 aliphatic rings. The summed E-state index contributed by atoms with van der Waals surface area (Å²) in [6, 6.07) is 8.68. The van der Waals surface area contributed by atoms with Crippen molar-refractivity contribution in [3.05, 3.63) is 41.7 Å². The molecule has 0 N–H and O–H groups in total. The van der Waals surface area contributed by atoms with Crippen molar-refractivity contribution in [2.24, 2.45) is 0 Å². The molecule has 4 nitrogen and oxygen atoms in total. The Balaban J connectivity index is 2.77. The Bertz CT molecular complexity index is 458. The molecule has 1 aromatic carbocycles. The summed E-state index contributed by atoms with van der Waals surface area (Å²) in [5.41, 5.74) is 0.503. The van der Waals surface area contributed by atoms with Crippen LogP contribution in [0.1, 0.15) is 12.5 Å². The van der Waals surface area contributed by atoms with Crippen molar-refractivity contribution in [1.29, 1.82) is 5.26 Å².